The summed E-state index contributed by atoms with van der Waals surface area (Å²) in [5.41, 5.74) is 0.798. The first-order valence-electron chi connectivity index (χ1n) is 2.49. The third-order valence-corrected chi connectivity index (χ3v) is 0.799. The van der Waals surface area contributed by atoms with E-state index < -0.39 is 0 Å². The van der Waals surface area contributed by atoms with Gasteiger partial charge in [-0.15, -0.1) is 0 Å². The van der Waals surface area contributed by atoms with Gasteiger partial charge < -0.3 is 0 Å². The molecule has 0 radical (unpaired) electrons. The van der Waals surface area contributed by atoms with Crippen molar-refractivity contribution in [3.63, 3.8) is 0 Å². The highest BCUT2D eigenvalue weighted by Crippen LogP contribution is 1.90. The fourth-order valence-electron chi connectivity index (χ4n) is 0.340. The molecule has 0 amide bonds. The first kappa shape index (κ1) is 8.58. The van der Waals surface area contributed by atoms with Crippen LogP contribution in [-0.4, -0.2) is 23.7 Å². The van der Waals surface area contributed by atoms with Crippen molar-refractivity contribution >= 4 is 0 Å². The van der Waals surface area contributed by atoms with Crippen LogP contribution in [0.3, 0.4) is 0 Å². The van der Waals surface area contributed by atoms with E-state index in [0.717, 1.165) is 5.57 Å². The summed E-state index contributed by atoms with van der Waals surface area (Å²) in [4.78, 5) is 7.54. The Kier molecular flexibility index (Phi) is 5.45. The molecule has 0 spiro atoms. The predicted molar refractivity (Wildman–Crippen MR) is 30.9 cm³/mol. The molecule has 0 saturated carbocycles. The van der Waals surface area contributed by atoms with Crippen LogP contribution in [-0.2, 0) is 9.78 Å². The molecule has 9 heavy (non-hydrogen) atoms. The molecule has 0 bridgehead atoms. The molecule has 0 heterocycles. The molecule has 54 valence electrons. The van der Waals surface area contributed by atoms with Gasteiger partial charge in [0.15, 0.2) is 0 Å². The fourth-order valence-corrected chi connectivity index (χ4v) is 0.340. The second kappa shape index (κ2) is 5.71. The zero-order chi connectivity index (χ0) is 7.11. The van der Waals surface area contributed by atoms with Gasteiger partial charge in [-0.25, -0.2) is 9.78 Å². The van der Waals surface area contributed by atoms with Crippen molar-refractivity contribution in [1.29, 1.82) is 0 Å². The van der Waals surface area contributed by atoms with E-state index in [9.17, 15) is 0 Å². The van der Waals surface area contributed by atoms with Crippen LogP contribution >= 0.6 is 0 Å². The lowest BCUT2D eigenvalue weighted by molar-refractivity contribution is -0.237. The lowest BCUT2D eigenvalue weighted by atomic mass is 10.3. The van der Waals surface area contributed by atoms with Gasteiger partial charge >= 0.3 is 0 Å². The van der Waals surface area contributed by atoms with Gasteiger partial charge in [0.1, 0.15) is 13.2 Å². The van der Waals surface area contributed by atoms with E-state index in [1.165, 1.54) is 0 Å². The summed E-state index contributed by atoms with van der Waals surface area (Å²) < 4.78 is 0. The molecule has 0 aliphatic heterocycles. The van der Waals surface area contributed by atoms with Crippen molar-refractivity contribution in [1.82, 2.24) is 0 Å². The molecule has 4 heteroatoms. The second-order valence-electron chi connectivity index (χ2n) is 1.62. The minimum Gasteiger partial charge on any atom is -0.252 e. The van der Waals surface area contributed by atoms with E-state index in [0.29, 0.717) is 0 Å². The molecular formula is C5H10O4. The van der Waals surface area contributed by atoms with Gasteiger partial charge in [-0.1, -0.05) is 6.08 Å². The average molecular weight is 134 g/mol. The minimum atomic E-state index is 0.120. The molecule has 0 atom stereocenters. The summed E-state index contributed by atoms with van der Waals surface area (Å²) in [5.74, 6) is 0. The third-order valence-electron chi connectivity index (χ3n) is 0.799. The highest BCUT2D eigenvalue weighted by atomic mass is 17.1. The van der Waals surface area contributed by atoms with E-state index in [2.05, 4.69) is 9.78 Å². The Balaban J connectivity index is 3.30. The van der Waals surface area contributed by atoms with Crippen molar-refractivity contribution in [2.75, 3.05) is 13.2 Å². The summed E-state index contributed by atoms with van der Waals surface area (Å²) in [7, 11) is 0. The quantitative estimate of drug-likeness (QED) is 0.341. The zero-order valence-corrected chi connectivity index (χ0v) is 5.20. The Hall–Kier alpha value is -0.420. The fraction of sp³-hybridized carbons (Fsp3) is 0.600. The normalized spacial score (nSPS) is 12.1. The Morgan fingerprint density at radius 1 is 1.44 bits per heavy atom. The Morgan fingerprint density at radius 2 is 2.11 bits per heavy atom. The number of hydrogen-bond acceptors (Lipinski definition) is 4. The number of hydrogen-bond donors (Lipinski definition) is 2. The largest absolute Gasteiger partial charge is 0.252 e. The van der Waals surface area contributed by atoms with Crippen LogP contribution in [0.4, 0.5) is 0 Å². The van der Waals surface area contributed by atoms with Gasteiger partial charge in [0, 0.05) is 0 Å². The lowest BCUT2D eigenvalue weighted by Crippen LogP contribution is -1.92. The molecular weight excluding hydrogens is 124 g/mol. The molecule has 2 N–H and O–H groups in total. The topological polar surface area (TPSA) is 58.9 Å². The van der Waals surface area contributed by atoms with E-state index in [1.807, 2.05) is 0 Å². The van der Waals surface area contributed by atoms with Gasteiger partial charge in [-0.05, 0) is 12.5 Å². The molecule has 0 fully saturated rings. The van der Waals surface area contributed by atoms with Crippen LogP contribution in [0.1, 0.15) is 6.92 Å². The maximum absolute atomic E-state index is 7.89. The van der Waals surface area contributed by atoms with Crippen LogP contribution in [0.15, 0.2) is 11.6 Å². The van der Waals surface area contributed by atoms with Crippen molar-refractivity contribution in [3.8, 4) is 0 Å². The van der Waals surface area contributed by atoms with Gasteiger partial charge in [-0.2, -0.15) is 0 Å². The first-order chi connectivity index (χ1) is 4.31. The first-order valence-corrected chi connectivity index (χ1v) is 2.49. The second-order valence-corrected chi connectivity index (χ2v) is 1.62. The summed E-state index contributed by atoms with van der Waals surface area (Å²) in [6.45, 7) is 2.01. The van der Waals surface area contributed by atoms with E-state index in [1.54, 1.807) is 13.0 Å². The standard InChI is InChI=1S/C5H10O4/c1-5(4-9-7)2-3-8-6/h2,6-7H,3-4H2,1H3/b5-2-. The summed E-state index contributed by atoms with van der Waals surface area (Å²) >= 11 is 0. The van der Waals surface area contributed by atoms with Crippen molar-refractivity contribution < 1.29 is 20.3 Å². The predicted octanol–water partition coefficient (Wildman–Crippen LogP) is 0.912. The monoisotopic (exact) mass is 134 g/mol. The van der Waals surface area contributed by atoms with Crippen molar-refractivity contribution in [2.45, 2.75) is 6.92 Å². The Morgan fingerprint density at radius 3 is 2.56 bits per heavy atom. The summed E-state index contributed by atoms with van der Waals surface area (Å²) in [5, 5.41) is 15.7. The molecule has 4 nitrogen and oxygen atoms in total. The molecule has 0 saturated heterocycles. The van der Waals surface area contributed by atoms with Gasteiger partial charge in [0.25, 0.3) is 0 Å². The SMILES string of the molecule is C/C(=C/COO)COO. The van der Waals surface area contributed by atoms with Crippen LogP contribution in [0.5, 0.6) is 0 Å². The summed E-state index contributed by atoms with van der Waals surface area (Å²) in [6.07, 6.45) is 1.59. The molecule has 0 aromatic heterocycles. The average Bonchev–Trinajstić information content (AvgIpc) is 1.85. The smallest absolute Gasteiger partial charge is 0.103 e. The van der Waals surface area contributed by atoms with Crippen LogP contribution in [0.25, 0.3) is 0 Å². The highest BCUT2D eigenvalue weighted by molar-refractivity contribution is 4.97. The zero-order valence-electron chi connectivity index (χ0n) is 5.20. The molecule has 0 rings (SSSR count). The molecule has 0 aliphatic rings. The maximum atomic E-state index is 7.89. The minimum absolute atomic E-state index is 0.120. The third kappa shape index (κ3) is 5.45. The van der Waals surface area contributed by atoms with E-state index in [-0.39, 0.29) is 13.2 Å². The van der Waals surface area contributed by atoms with Gasteiger partial charge in [0.05, 0.1) is 0 Å². The Labute approximate surface area is 53.2 Å². The lowest BCUT2D eigenvalue weighted by Gasteiger charge is -1.94. The molecule has 0 aliphatic carbocycles. The van der Waals surface area contributed by atoms with E-state index in [4.69, 9.17) is 10.5 Å². The molecule has 0 unspecified atom stereocenters. The highest BCUT2D eigenvalue weighted by Gasteiger charge is 1.86. The molecule has 0 aromatic carbocycles. The van der Waals surface area contributed by atoms with Crippen LogP contribution in [0, 0.1) is 0 Å². The van der Waals surface area contributed by atoms with Gasteiger partial charge in [0.2, 0.25) is 0 Å². The Bertz CT molecular complexity index is 89.0. The molecule has 0 aromatic rings. The van der Waals surface area contributed by atoms with Crippen LogP contribution < -0.4 is 0 Å². The van der Waals surface area contributed by atoms with Crippen LogP contribution in [0.2, 0.25) is 0 Å². The van der Waals surface area contributed by atoms with Gasteiger partial charge in [-0.3, -0.25) is 10.5 Å². The number of rotatable bonds is 4. The summed E-state index contributed by atoms with van der Waals surface area (Å²) in [6, 6.07) is 0. The van der Waals surface area contributed by atoms with Crippen molar-refractivity contribution in [2.24, 2.45) is 0 Å². The van der Waals surface area contributed by atoms with Crippen molar-refractivity contribution in [3.05, 3.63) is 11.6 Å². The maximum Gasteiger partial charge on any atom is 0.103 e. The van der Waals surface area contributed by atoms with E-state index >= 15 is 0 Å².